The van der Waals surface area contributed by atoms with Crippen molar-refractivity contribution in [1.82, 2.24) is 4.90 Å². The summed E-state index contributed by atoms with van der Waals surface area (Å²) < 4.78 is 22.2. The topological polar surface area (TPSA) is 228 Å². The Morgan fingerprint density at radius 2 is 1.29 bits per heavy atom. The molecule has 15 heteroatoms. The molecule has 126 valence electrons. The van der Waals surface area contributed by atoms with Crippen LogP contribution in [0.3, 0.4) is 0 Å². The van der Waals surface area contributed by atoms with E-state index in [0.29, 0.717) is 0 Å². The lowest BCUT2D eigenvalue weighted by Gasteiger charge is -2.17. The minimum Gasteiger partial charge on any atom is -0.395 e. The fraction of sp³-hybridized carbons (Fsp3) is 0.667. The molecule has 0 bridgehead atoms. The second-order valence-corrected chi connectivity index (χ2v) is 5.78. The van der Waals surface area contributed by atoms with Gasteiger partial charge in [0.05, 0.1) is 13.2 Å². The van der Waals surface area contributed by atoms with E-state index in [1.165, 1.54) is 0 Å². The molecule has 0 heterocycles. The van der Waals surface area contributed by atoms with Crippen molar-refractivity contribution in [1.29, 1.82) is 0 Å². The third-order valence-electron chi connectivity index (χ3n) is 1.45. The van der Waals surface area contributed by atoms with Crippen LogP contribution in [0.25, 0.3) is 0 Å². The van der Waals surface area contributed by atoms with Crippen LogP contribution in [-0.2, 0) is 23.0 Å². The van der Waals surface area contributed by atoms with Gasteiger partial charge in [0.2, 0.25) is 0 Å². The first-order chi connectivity index (χ1) is 9.34. The van der Waals surface area contributed by atoms with Crippen LogP contribution in [0.4, 0.5) is 0 Å². The number of carbonyl (C=O) groups excluding carboxylic acids is 2. The first-order valence-electron chi connectivity index (χ1n) is 4.97. The van der Waals surface area contributed by atoms with Crippen molar-refractivity contribution in [2.75, 3.05) is 26.3 Å². The van der Waals surface area contributed by atoms with Crippen LogP contribution in [0.1, 0.15) is 0 Å². The highest BCUT2D eigenvalue weighted by Crippen LogP contribution is 2.53. The smallest absolute Gasteiger partial charge is 0.395 e. The van der Waals surface area contributed by atoms with E-state index in [9.17, 15) is 18.7 Å². The monoisotopic (exact) mass is 354 g/mol. The molecule has 0 spiro atoms. The van der Waals surface area contributed by atoms with Crippen molar-refractivity contribution in [2.24, 2.45) is 5.73 Å². The average molecular weight is 354 g/mol. The van der Waals surface area contributed by atoms with Crippen LogP contribution >= 0.6 is 15.6 Å². The predicted octanol–water partition coefficient (Wildman–Crippen LogP) is -3.53. The van der Waals surface area contributed by atoms with Gasteiger partial charge in [0.1, 0.15) is 0 Å². The number of amides is 2. The first kappa shape index (κ1) is 22.4. The lowest BCUT2D eigenvalue weighted by Crippen LogP contribution is -2.43. The number of carbonyl (C=O) groups is 2. The van der Waals surface area contributed by atoms with E-state index in [1.807, 2.05) is 0 Å². The maximum absolute atomic E-state index is 10.9. The molecule has 0 aromatic carbocycles. The summed E-state index contributed by atoms with van der Waals surface area (Å²) in [6, 6.07) is 0. The Morgan fingerprint density at radius 3 is 1.43 bits per heavy atom. The normalized spacial score (nSPS) is 11.3. The highest BCUT2D eigenvalue weighted by Gasteiger charge is 2.27. The fourth-order valence-electron chi connectivity index (χ4n) is 0.851. The number of hydrogen-bond acceptors (Lipinski definition) is 7. The summed E-state index contributed by atoms with van der Waals surface area (Å²) in [7, 11) is -10.1. The molecule has 2 amide bonds. The van der Waals surface area contributed by atoms with Gasteiger partial charge in [0.25, 0.3) is 0 Å². The van der Waals surface area contributed by atoms with E-state index in [0.717, 1.165) is 4.90 Å². The molecule has 21 heavy (non-hydrogen) atoms. The summed E-state index contributed by atoms with van der Waals surface area (Å²) in [6.45, 7) is -0.525. The Hall–Kier alpha value is -0.880. The van der Waals surface area contributed by atoms with Crippen molar-refractivity contribution in [3.63, 3.8) is 0 Å². The van der Waals surface area contributed by atoms with Crippen LogP contribution in [0.2, 0.25) is 0 Å². The molecule has 0 saturated carbocycles. The van der Waals surface area contributed by atoms with E-state index in [4.69, 9.17) is 35.5 Å². The number of rotatable bonds is 6. The number of hydrogen-bond donors (Lipinski definition) is 7. The molecule has 0 atom stereocenters. The van der Waals surface area contributed by atoms with Crippen LogP contribution in [-0.4, -0.2) is 72.8 Å². The highest BCUT2D eigenvalue weighted by molar-refractivity contribution is 7.60. The standard InChI is InChI=1S/C6H12N2O4.H4O7P2/c7-5(11)6(12)8(1-3-9)2-4-10;1-8(2,3)7-9(4,5)6/h9-10H,1-4H2,(H2,7,11);(H2,1,2,3)(H2,4,5,6). The SMILES string of the molecule is NC(=O)C(=O)N(CCO)CCO.O=P(O)(O)OP(=O)(O)O. The third-order valence-corrected chi connectivity index (χ3v) is 3.15. The molecule has 0 aromatic heterocycles. The molecule has 0 rings (SSSR count). The maximum atomic E-state index is 10.9. The molecule has 0 radical (unpaired) electrons. The van der Waals surface area contributed by atoms with Crippen LogP contribution in [0, 0.1) is 0 Å². The number of primary amides is 1. The molecule has 0 aliphatic rings. The van der Waals surface area contributed by atoms with Crippen molar-refractivity contribution in [3.05, 3.63) is 0 Å². The minimum absolute atomic E-state index is 0.00231. The van der Waals surface area contributed by atoms with Gasteiger partial charge >= 0.3 is 27.5 Å². The molecule has 0 aromatic rings. The lowest BCUT2D eigenvalue weighted by molar-refractivity contribution is -0.144. The number of phosphoric acid groups is 2. The number of aliphatic hydroxyl groups is 2. The van der Waals surface area contributed by atoms with Gasteiger partial charge in [-0.1, -0.05) is 0 Å². The van der Waals surface area contributed by atoms with E-state index >= 15 is 0 Å². The van der Waals surface area contributed by atoms with Crippen LogP contribution < -0.4 is 5.73 Å². The van der Waals surface area contributed by atoms with Gasteiger partial charge in [-0.25, -0.2) is 9.13 Å². The van der Waals surface area contributed by atoms with Gasteiger partial charge in [-0.3, -0.25) is 9.59 Å². The molecule has 8 N–H and O–H groups in total. The molecule has 0 fully saturated rings. The zero-order valence-corrected chi connectivity index (χ0v) is 12.3. The van der Waals surface area contributed by atoms with Gasteiger partial charge in [0.15, 0.2) is 0 Å². The summed E-state index contributed by atoms with van der Waals surface area (Å²) in [5, 5.41) is 16.9. The number of nitrogens with zero attached hydrogens (tertiary/aromatic N) is 1. The van der Waals surface area contributed by atoms with Crippen LogP contribution in [0.15, 0.2) is 0 Å². The Kier molecular flexibility index (Phi) is 10.6. The largest absolute Gasteiger partial charge is 0.478 e. The number of aliphatic hydroxyl groups excluding tert-OH is 2. The molecular weight excluding hydrogens is 338 g/mol. The molecule has 0 aliphatic heterocycles. The zero-order valence-electron chi connectivity index (χ0n) is 10.5. The summed E-state index contributed by atoms with van der Waals surface area (Å²) in [5.41, 5.74) is 4.70. The summed E-state index contributed by atoms with van der Waals surface area (Å²) in [4.78, 5) is 53.2. The van der Waals surface area contributed by atoms with Gasteiger partial charge in [-0.05, 0) is 0 Å². The fourth-order valence-corrected chi connectivity index (χ4v) is 1.96. The average Bonchev–Trinajstić information content (AvgIpc) is 2.23. The Labute approximate surface area is 118 Å². The minimum atomic E-state index is -5.05. The van der Waals surface area contributed by atoms with Crippen LogP contribution in [0.5, 0.6) is 0 Å². The second kappa shape index (κ2) is 9.95. The lowest BCUT2D eigenvalue weighted by atomic mass is 10.4. The second-order valence-electron chi connectivity index (χ2n) is 3.17. The van der Waals surface area contributed by atoms with E-state index in [2.05, 4.69) is 4.31 Å². The predicted molar refractivity (Wildman–Crippen MR) is 65.1 cm³/mol. The Morgan fingerprint density at radius 1 is 0.952 bits per heavy atom. The molecular formula is C6H16N2O11P2. The van der Waals surface area contributed by atoms with Gasteiger partial charge in [0, 0.05) is 13.1 Å². The molecule has 0 aliphatic carbocycles. The maximum Gasteiger partial charge on any atom is 0.478 e. The number of nitrogens with two attached hydrogens (primary N) is 1. The van der Waals surface area contributed by atoms with Crippen molar-refractivity contribution in [3.8, 4) is 0 Å². The van der Waals surface area contributed by atoms with Crippen molar-refractivity contribution < 1.29 is 52.8 Å². The van der Waals surface area contributed by atoms with Crippen molar-refractivity contribution in [2.45, 2.75) is 0 Å². The quantitative estimate of drug-likeness (QED) is 0.182. The van der Waals surface area contributed by atoms with Crippen molar-refractivity contribution >= 4 is 27.5 Å². The molecule has 0 saturated heterocycles. The summed E-state index contributed by atoms with van der Waals surface area (Å²) >= 11 is 0. The van der Waals surface area contributed by atoms with Gasteiger partial charge < -0.3 is 40.4 Å². The first-order valence-corrected chi connectivity index (χ1v) is 8.03. The van der Waals surface area contributed by atoms with Gasteiger partial charge in [-0.2, -0.15) is 4.31 Å². The van der Waals surface area contributed by atoms with E-state index in [1.54, 1.807) is 0 Å². The van der Waals surface area contributed by atoms with E-state index in [-0.39, 0.29) is 26.3 Å². The molecule has 13 nitrogen and oxygen atoms in total. The Balaban J connectivity index is 0. The van der Waals surface area contributed by atoms with E-state index < -0.39 is 27.5 Å². The van der Waals surface area contributed by atoms with Gasteiger partial charge in [-0.15, -0.1) is 0 Å². The summed E-state index contributed by atoms with van der Waals surface area (Å²) in [5.74, 6) is -1.98. The zero-order chi connectivity index (χ0) is 17.3. The highest BCUT2D eigenvalue weighted by atomic mass is 31.3. The third kappa shape index (κ3) is 15.3. The molecule has 0 unspecified atom stereocenters. The summed E-state index contributed by atoms with van der Waals surface area (Å²) in [6.07, 6.45) is 0. The Bertz CT molecular complexity index is 402.